The van der Waals surface area contributed by atoms with Crippen molar-refractivity contribution in [1.29, 1.82) is 0 Å². The summed E-state index contributed by atoms with van der Waals surface area (Å²) < 4.78 is 11.1. The molecule has 1 aliphatic heterocycles. The van der Waals surface area contributed by atoms with Crippen molar-refractivity contribution in [1.82, 2.24) is 10.3 Å². The number of nitrogens with zero attached hydrogens (tertiary/aromatic N) is 1. The highest BCUT2D eigenvalue weighted by Gasteiger charge is 2.28. The molecule has 1 saturated heterocycles. The highest BCUT2D eigenvalue weighted by Crippen LogP contribution is 2.31. The van der Waals surface area contributed by atoms with Gasteiger partial charge in [0.05, 0.1) is 18.4 Å². The van der Waals surface area contributed by atoms with Crippen molar-refractivity contribution in [3.05, 3.63) is 17.8 Å². The van der Waals surface area contributed by atoms with Crippen molar-refractivity contribution in [2.24, 2.45) is 0 Å². The van der Waals surface area contributed by atoms with Crippen LogP contribution in [0.5, 0.6) is 0 Å². The molecule has 2 unspecified atom stereocenters. The molecule has 0 aliphatic carbocycles. The lowest BCUT2D eigenvalue weighted by Crippen LogP contribution is -2.35. The Labute approximate surface area is 103 Å². The third kappa shape index (κ3) is 3.30. The molecule has 0 bridgehead atoms. The molecule has 96 valence electrons. The van der Waals surface area contributed by atoms with Crippen molar-refractivity contribution in [2.45, 2.75) is 58.2 Å². The number of hydrogen-bond acceptors (Lipinski definition) is 4. The summed E-state index contributed by atoms with van der Waals surface area (Å²) in [5.74, 6) is 1.36. The summed E-state index contributed by atoms with van der Waals surface area (Å²) in [7, 11) is 0. The highest BCUT2D eigenvalue weighted by molar-refractivity contribution is 5.14. The van der Waals surface area contributed by atoms with Gasteiger partial charge in [0.2, 0.25) is 0 Å². The van der Waals surface area contributed by atoms with Gasteiger partial charge in [0.1, 0.15) is 5.76 Å². The van der Waals surface area contributed by atoms with Gasteiger partial charge in [-0.05, 0) is 34.1 Å². The lowest BCUT2D eigenvalue weighted by Gasteiger charge is -2.20. The third-order valence-electron chi connectivity index (χ3n) is 3.03. The van der Waals surface area contributed by atoms with Gasteiger partial charge in [-0.2, -0.15) is 0 Å². The summed E-state index contributed by atoms with van der Waals surface area (Å²) in [5.41, 5.74) is 1.11. The molecule has 1 aromatic heterocycles. The van der Waals surface area contributed by atoms with E-state index in [-0.39, 0.29) is 5.54 Å². The third-order valence-corrected chi connectivity index (χ3v) is 3.03. The molecule has 1 aliphatic rings. The van der Waals surface area contributed by atoms with E-state index in [2.05, 4.69) is 38.0 Å². The number of nitrogens with one attached hydrogen (secondary N) is 1. The minimum Gasteiger partial charge on any atom is -0.448 e. The van der Waals surface area contributed by atoms with Gasteiger partial charge in [-0.25, -0.2) is 4.98 Å². The number of aromatic nitrogens is 1. The average Bonchev–Trinajstić information content (AvgIpc) is 2.81. The molecule has 4 nitrogen and oxygen atoms in total. The molecular weight excluding hydrogens is 216 g/mol. The van der Waals surface area contributed by atoms with Crippen LogP contribution in [0.15, 0.2) is 10.8 Å². The number of hydrogen-bond donors (Lipinski definition) is 1. The second kappa shape index (κ2) is 4.78. The van der Waals surface area contributed by atoms with Crippen LogP contribution in [0, 0.1) is 0 Å². The Morgan fingerprint density at radius 1 is 1.47 bits per heavy atom. The summed E-state index contributed by atoms with van der Waals surface area (Å²) in [6, 6.07) is 0. The zero-order valence-corrected chi connectivity index (χ0v) is 11.1. The van der Waals surface area contributed by atoms with Gasteiger partial charge < -0.3 is 14.5 Å². The Hall–Kier alpha value is -0.870. The fourth-order valence-electron chi connectivity index (χ4n) is 2.09. The molecule has 0 spiro atoms. The van der Waals surface area contributed by atoms with E-state index in [9.17, 15) is 0 Å². The lowest BCUT2D eigenvalue weighted by molar-refractivity contribution is 0.122. The summed E-state index contributed by atoms with van der Waals surface area (Å²) in [5, 5.41) is 3.44. The maximum Gasteiger partial charge on any atom is 0.181 e. The van der Waals surface area contributed by atoms with E-state index in [0.29, 0.717) is 12.0 Å². The topological polar surface area (TPSA) is 47.3 Å². The van der Waals surface area contributed by atoms with Crippen LogP contribution in [0.25, 0.3) is 0 Å². The lowest BCUT2D eigenvalue weighted by atomic mass is 10.0. The largest absolute Gasteiger partial charge is 0.448 e. The van der Waals surface area contributed by atoms with Crippen LogP contribution in [0.1, 0.15) is 51.5 Å². The minimum absolute atomic E-state index is 0.0929. The molecule has 2 atom stereocenters. The summed E-state index contributed by atoms with van der Waals surface area (Å²) in [6.07, 6.45) is 2.89. The van der Waals surface area contributed by atoms with Gasteiger partial charge >= 0.3 is 0 Å². The van der Waals surface area contributed by atoms with Crippen LogP contribution in [0.3, 0.4) is 0 Å². The van der Waals surface area contributed by atoms with Gasteiger partial charge in [-0.15, -0.1) is 0 Å². The fourth-order valence-corrected chi connectivity index (χ4v) is 2.09. The molecule has 2 heterocycles. The summed E-state index contributed by atoms with van der Waals surface area (Å²) in [6.45, 7) is 10.0. The molecule has 17 heavy (non-hydrogen) atoms. The van der Waals surface area contributed by atoms with Crippen molar-refractivity contribution < 1.29 is 9.15 Å². The SMILES string of the molecule is CC1CC(c2ocnc2CNC(C)(C)C)CO1. The quantitative estimate of drug-likeness (QED) is 0.878. The molecule has 4 heteroatoms. The average molecular weight is 238 g/mol. The van der Waals surface area contributed by atoms with Crippen molar-refractivity contribution in [3.8, 4) is 0 Å². The second-order valence-corrected chi connectivity index (χ2v) is 5.84. The maximum atomic E-state index is 5.58. The van der Waals surface area contributed by atoms with Crippen LogP contribution in [0.4, 0.5) is 0 Å². The smallest absolute Gasteiger partial charge is 0.181 e. The molecule has 0 amide bonds. The number of ether oxygens (including phenoxy) is 1. The Kier molecular flexibility index (Phi) is 3.54. The normalized spacial score (nSPS) is 25.4. The van der Waals surface area contributed by atoms with Gasteiger partial charge in [-0.1, -0.05) is 0 Å². The zero-order chi connectivity index (χ0) is 12.5. The first kappa shape index (κ1) is 12.6. The number of rotatable bonds is 3. The molecular formula is C13H22N2O2. The van der Waals surface area contributed by atoms with Gasteiger partial charge in [-0.3, -0.25) is 0 Å². The van der Waals surface area contributed by atoms with Crippen LogP contribution < -0.4 is 5.32 Å². The Morgan fingerprint density at radius 2 is 2.24 bits per heavy atom. The predicted octanol–water partition coefficient (Wildman–Crippen LogP) is 2.46. The molecule has 2 rings (SSSR count). The van der Waals surface area contributed by atoms with E-state index < -0.39 is 0 Å². The highest BCUT2D eigenvalue weighted by atomic mass is 16.5. The fraction of sp³-hybridized carbons (Fsp3) is 0.769. The van der Waals surface area contributed by atoms with E-state index in [0.717, 1.165) is 31.0 Å². The first-order chi connectivity index (χ1) is 7.96. The van der Waals surface area contributed by atoms with Gasteiger partial charge in [0.15, 0.2) is 6.39 Å². The van der Waals surface area contributed by atoms with Crippen LogP contribution in [0.2, 0.25) is 0 Å². The van der Waals surface area contributed by atoms with Crippen LogP contribution >= 0.6 is 0 Å². The second-order valence-electron chi connectivity index (χ2n) is 5.84. The molecule has 1 fully saturated rings. The molecule has 1 aromatic rings. The molecule has 0 aromatic carbocycles. The standard InChI is InChI=1S/C13H22N2O2/c1-9-5-10(7-16-9)12-11(14-8-17-12)6-15-13(2,3)4/h8-10,15H,5-7H2,1-4H3. The van der Waals surface area contributed by atoms with E-state index >= 15 is 0 Å². The van der Waals surface area contributed by atoms with E-state index in [4.69, 9.17) is 9.15 Å². The van der Waals surface area contributed by atoms with Gasteiger partial charge in [0.25, 0.3) is 0 Å². The Bertz CT molecular complexity index is 368. The Balaban J connectivity index is 2.02. The minimum atomic E-state index is 0.0929. The summed E-state index contributed by atoms with van der Waals surface area (Å²) in [4.78, 5) is 4.30. The van der Waals surface area contributed by atoms with Crippen LogP contribution in [-0.4, -0.2) is 23.2 Å². The number of oxazole rings is 1. The predicted molar refractivity (Wildman–Crippen MR) is 65.9 cm³/mol. The van der Waals surface area contributed by atoms with E-state index in [1.165, 1.54) is 6.39 Å². The van der Waals surface area contributed by atoms with E-state index in [1.807, 2.05) is 0 Å². The van der Waals surface area contributed by atoms with Crippen molar-refractivity contribution in [3.63, 3.8) is 0 Å². The van der Waals surface area contributed by atoms with Crippen molar-refractivity contribution >= 4 is 0 Å². The van der Waals surface area contributed by atoms with Gasteiger partial charge in [0, 0.05) is 18.0 Å². The molecule has 0 radical (unpaired) electrons. The van der Waals surface area contributed by atoms with Crippen molar-refractivity contribution in [2.75, 3.05) is 6.61 Å². The first-order valence-corrected chi connectivity index (χ1v) is 6.24. The van der Waals surface area contributed by atoms with E-state index in [1.54, 1.807) is 0 Å². The first-order valence-electron chi connectivity index (χ1n) is 6.24. The Morgan fingerprint density at radius 3 is 2.82 bits per heavy atom. The molecule has 0 saturated carbocycles. The monoisotopic (exact) mass is 238 g/mol. The summed E-state index contributed by atoms with van der Waals surface area (Å²) >= 11 is 0. The van der Waals surface area contributed by atoms with Crippen LogP contribution in [-0.2, 0) is 11.3 Å². The zero-order valence-electron chi connectivity index (χ0n) is 11.1. The molecule has 1 N–H and O–H groups in total. The maximum absolute atomic E-state index is 5.58.